The quantitative estimate of drug-likeness (QED) is 0.190. The lowest BCUT2D eigenvalue weighted by molar-refractivity contribution is -0.113. The molecule has 0 aliphatic heterocycles. The van der Waals surface area contributed by atoms with Crippen LogP contribution in [0.5, 0.6) is 0 Å². The number of benzene rings is 3. The molecule has 2 N–H and O–H groups in total. The molecule has 0 fully saturated rings. The lowest BCUT2D eigenvalue weighted by Crippen LogP contribution is -2.15. The van der Waals surface area contributed by atoms with Gasteiger partial charge in [-0.2, -0.15) is 0 Å². The zero-order valence-corrected chi connectivity index (χ0v) is 21.5. The number of nitrogens with zero attached hydrogens (tertiary/aromatic N) is 3. The summed E-state index contributed by atoms with van der Waals surface area (Å²) in [6.07, 6.45) is 0. The molecule has 1 aromatic heterocycles. The molecule has 1 amide bonds. The predicted molar refractivity (Wildman–Crippen MR) is 143 cm³/mol. The van der Waals surface area contributed by atoms with Crippen molar-refractivity contribution in [2.24, 2.45) is 0 Å². The van der Waals surface area contributed by atoms with Crippen molar-refractivity contribution in [1.82, 2.24) is 14.8 Å². The first-order valence-corrected chi connectivity index (χ1v) is 12.6. The van der Waals surface area contributed by atoms with Crippen LogP contribution in [0.1, 0.15) is 11.4 Å². The van der Waals surface area contributed by atoms with Gasteiger partial charge in [0, 0.05) is 25.7 Å². The maximum absolute atomic E-state index is 12.5. The minimum atomic E-state index is -0.138. The van der Waals surface area contributed by atoms with Gasteiger partial charge in [-0.05, 0) is 83.6 Å². The van der Waals surface area contributed by atoms with Gasteiger partial charge in [0.2, 0.25) is 5.91 Å². The Morgan fingerprint density at radius 3 is 2.48 bits per heavy atom. The summed E-state index contributed by atoms with van der Waals surface area (Å²) in [7, 11) is 0. The van der Waals surface area contributed by atoms with Crippen LogP contribution in [0.4, 0.5) is 11.4 Å². The van der Waals surface area contributed by atoms with Gasteiger partial charge in [-0.15, -0.1) is 10.2 Å². The first-order valence-electron chi connectivity index (χ1n) is 10.2. The third-order valence-corrected chi connectivity index (χ3v) is 6.85. The van der Waals surface area contributed by atoms with E-state index < -0.39 is 0 Å². The summed E-state index contributed by atoms with van der Waals surface area (Å²) in [5.74, 6) is 0.815. The molecule has 0 aliphatic carbocycles. The molecule has 0 saturated heterocycles. The Morgan fingerprint density at radius 1 is 1.03 bits per heavy atom. The Hall–Kier alpha value is -2.56. The highest BCUT2D eigenvalue weighted by Crippen LogP contribution is 2.24. The molecule has 0 bridgehead atoms. The van der Waals surface area contributed by atoms with Gasteiger partial charge in [0.1, 0.15) is 0 Å². The Kier molecular flexibility index (Phi) is 7.89. The number of halogens is 2. The minimum absolute atomic E-state index is 0.138. The van der Waals surface area contributed by atoms with Gasteiger partial charge in [-0.3, -0.25) is 9.36 Å². The van der Waals surface area contributed by atoms with Crippen LogP contribution >= 0.6 is 46.0 Å². The van der Waals surface area contributed by atoms with E-state index in [2.05, 4.69) is 43.4 Å². The molecule has 168 valence electrons. The van der Waals surface area contributed by atoms with Crippen molar-refractivity contribution in [1.29, 1.82) is 0 Å². The number of thioether (sulfide) groups is 1. The van der Waals surface area contributed by atoms with Crippen LogP contribution in [-0.2, 0) is 11.3 Å². The third-order valence-electron chi connectivity index (χ3n) is 4.80. The van der Waals surface area contributed by atoms with Crippen molar-refractivity contribution < 1.29 is 4.79 Å². The van der Waals surface area contributed by atoms with Gasteiger partial charge in [0.05, 0.1) is 12.3 Å². The summed E-state index contributed by atoms with van der Waals surface area (Å²) < 4.78 is 3.15. The summed E-state index contributed by atoms with van der Waals surface area (Å²) in [4.78, 5) is 12.5. The van der Waals surface area contributed by atoms with Crippen molar-refractivity contribution in [2.45, 2.75) is 18.6 Å². The van der Waals surface area contributed by atoms with Crippen LogP contribution in [0.15, 0.2) is 78.0 Å². The largest absolute Gasteiger partial charge is 0.378 e. The topological polar surface area (TPSA) is 71.8 Å². The number of aryl methyl sites for hydroxylation is 1. The third kappa shape index (κ3) is 6.27. The zero-order chi connectivity index (χ0) is 23.2. The summed E-state index contributed by atoms with van der Waals surface area (Å²) in [5, 5.41) is 16.3. The normalized spacial score (nSPS) is 10.8. The molecule has 0 unspecified atom stereocenters. The molecule has 6 nitrogen and oxygen atoms in total. The van der Waals surface area contributed by atoms with Crippen LogP contribution in [0.25, 0.3) is 5.69 Å². The van der Waals surface area contributed by atoms with Crippen LogP contribution in [0.3, 0.4) is 0 Å². The number of anilines is 2. The molecule has 4 rings (SSSR count). The molecule has 0 aliphatic rings. The molecule has 0 atom stereocenters. The average molecular weight is 590 g/mol. The Labute approximate surface area is 215 Å². The molecule has 0 spiro atoms. The second-order valence-electron chi connectivity index (χ2n) is 7.23. The molecule has 1 heterocycles. The number of carbonyl (C=O) groups excluding carboxylic acids is 1. The molecule has 0 saturated carbocycles. The van der Waals surface area contributed by atoms with Crippen molar-refractivity contribution >= 4 is 63.2 Å². The van der Waals surface area contributed by atoms with E-state index in [0.717, 1.165) is 22.8 Å². The number of hydrogen-bond acceptors (Lipinski definition) is 5. The second kappa shape index (κ2) is 11.0. The number of aromatic nitrogens is 3. The zero-order valence-electron chi connectivity index (χ0n) is 17.8. The summed E-state index contributed by atoms with van der Waals surface area (Å²) >= 11 is 9.78. The highest BCUT2D eigenvalue weighted by atomic mass is 127. The van der Waals surface area contributed by atoms with Crippen molar-refractivity contribution in [3.63, 3.8) is 0 Å². The number of rotatable bonds is 8. The second-order valence-corrected chi connectivity index (χ2v) is 9.83. The van der Waals surface area contributed by atoms with Crippen molar-refractivity contribution in [3.05, 3.63) is 92.8 Å². The number of nitrogens with one attached hydrogen (secondary N) is 2. The maximum Gasteiger partial charge on any atom is 0.234 e. The van der Waals surface area contributed by atoms with E-state index in [1.807, 2.05) is 78.2 Å². The molecule has 0 radical (unpaired) electrons. The highest BCUT2D eigenvalue weighted by Gasteiger charge is 2.16. The minimum Gasteiger partial charge on any atom is -0.378 e. The SMILES string of the molecule is Cc1ccc(NC(=O)CSc2nnc(CNc3ccc(I)cc3)n2-c2ccccc2)cc1Cl. The van der Waals surface area contributed by atoms with Gasteiger partial charge in [-0.1, -0.05) is 47.6 Å². The van der Waals surface area contributed by atoms with E-state index in [9.17, 15) is 4.79 Å². The van der Waals surface area contributed by atoms with E-state index in [0.29, 0.717) is 22.4 Å². The molecular weight excluding hydrogens is 569 g/mol. The summed E-state index contributed by atoms with van der Waals surface area (Å²) in [6.45, 7) is 2.42. The standard InChI is InChI=1S/C24H21ClIN5OS/c1-16-7-10-19(13-21(16)25)28-23(32)15-33-24-30-29-22(31(24)20-5-3-2-4-6-20)14-27-18-11-8-17(26)9-12-18/h2-13,27H,14-15H2,1H3,(H,28,32). The lowest BCUT2D eigenvalue weighted by Gasteiger charge is -2.12. The smallest absolute Gasteiger partial charge is 0.234 e. The van der Waals surface area contributed by atoms with E-state index in [1.165, 1.54) is 15.3 Å². The van der Waals surface area contributed by atoms with Gasteiger partial charge in [0.15, 0.2) is 11.0 Å². The van der Waals surface area contributed by atoms with Crippen LogP contribution < -0.4 is 10.6 Å². The van der Waals surface area contributed by atoms with Gasteiger partial charge in [-0.25, -0.2) is 0 Å². The van der Waals surface area contributed by atoms with Crippen molar-refractivity contribution in [3.8, 4) is 5.69 Å². The first-order chi connectivity index (χ1) is 16.0. The fraction of sp³-hybridized carbons (Fsp3) is 0.125. The number of carbonyl (C=O) groups is 1. The number of hydrogen-bond donors (Lipinski definition) is 2. The van der Waals surface area contributed by atoms with Gasteiger partial charge >= 0.3 is 0 Å². The monoisotopic (exact) mass is 589 g/mol. The Bertz CT molecular complexity index is 1250. The Balaban J connectivity index is 1.48. The maximum atomic E-state index is 12.5. The van der Waals surface area contributed by atoms with E-state index in [4.69, 9.17) is 11.6 Å². The van der Waals surface area contributed by atoms with E-state index in [1.54, 1.807) is 6.07 Å². The summed E-state index contributed by atoms with van der Waals surface area (Å²) in [5.41, 5.74) is 3.58. The average Bonchev–Trinajstić information content (AvgIpc) is 3.23. The molecule has 3 aromatic carbocycles. The van der Waals surface area contributed by atoms with Crippen LogP contribution in [-0.4, -0.2) is 26.4 Å². The molecule has 33 heavy (non-hydrogen) atoms. The molecule has 9 heteroatoms. The molecule has 4 aromatic rings. The van der Waals surface area contributed by atoms with E-state index >= 15 is 0 Å². The first kappa shape index (κ1) is 23.6. The summed E-state index contributed by atoms with van der Waals surface area (Å²) in [6, 6.07) is 23.5. The number of amides is 1. The van der Waals surface area contributed by atoms with Crippen molar-refractivity contribution in [2.75, 3.05) is 16.4 Å². The van der Waals surface area contributed by atoms with Crippen LogP contribution in [0, 0.1) is 10.5 Å². The molecular formula is C24H21ClIN5OS. The highest BCUT2D eigenvalue weighted by molar-refractivity contribution is 14.1. The number of para-hydroxylation sites is 1. The lowest BCUT2D eigenvalue weighted by atomic mass is 10.2. The fourth-order valence-electron chi connectivity index (χ4n) is 3.09. The Morgan fingerprint density at radius 2 is 1.76 bits per heavy atom. The fourth-order valence-corrected chi connectivity index (χ4v) is 4.40. The van der Waals surface area contributed by atoms with E-state index in [-0.39, 0.29) is 11.7 Å². The van der Waals surface area contributed by atoms with Gasteiger partial charge < -0.3 is 10.6 Å². The van der Waals surface area contributed by atoms with Crippen LogP contribution in [0.2, 0.25) is 5.02 Å². The van der Waals surface area contributed by atoms with Gasteiger partial charge in [0.25, 0.3) is 0 Å². The predicted octanol–water partition coefficient (Wildman–Crippen LogP) is 6.18.